The summed E-state index contributed by atoms with van der Waals surface area (Å²) in [5, 5.41) is 9.04. The van der Waals surface area contributed by atoms with Gasteiger partial charge in [-0.2, -0.15) is 0 Å². The molecule has 0 aliphatic heterocycles. The van der Waals surface area contributed by atoms with Gasteiger partial charge >= 0.3 is 0 Å². The van der Waals surface area contributed by atoms with Crippen molar-refractivity contribution in [1.82, 2.24) is 0 Å². The van der Waals surface area contributed by atoms with Gasteiger partial charge < -0.3 is 5.11 Å². The van der Waals surface area contributed by atoms with E-state index < -0.39 is 5.82 Å². The van der Waals surface area contributed by atoms with E-state index in [0.717, 1.165) is 0 Å². The smallest absolute Gasteiger partial charge is 0.151 e. The van der Waals surface area contributed by atoms with Gasteiger partial charge in [-0.05, 0) is 12.1 Å². The number of aromatic hydroxyl groups is 1. The summed E-state index contributed by atoms with van der Waals surface area (Å²) in [7, 11) is 0. The summed E-state index contributed by atoms with van der Waals surface area (Å²) in [6.45, 7) is -0.210. The van der Waals surface area contributed by atoms with Crippen LogP contribution in [0.4, 0.5) is 4.39 Å². The molecule has 66 valence electrons. The number of phenolic OH excluding ortho intramolecular Hbond substituents is 1. The first-order valence-electron chi connectivity index (χ1n) is 3.14. The van der Waals surface area contributed by atoms with Gasteiger partial charge in [0.15, 0.2) is 5.82 Å². The zero-order chi connectivity index (χ0) is 9.14. The monoisotopic (exact) mass is 191 g/mol. The van der Waals surface area contributed by atoms with Crippen molar-refractivity contribution in [3.8, 4) is 5.75 Å². The third-order valence-electron chi connectivity index (χ3n) is 1.40. The molecule has 0 saturated carbocycles. The van der Waals surface area contributed by atoms with Gasteiger partial charge in [0.1, 0.15) is 5.75 Å². The van der Waals surface area contributed by atoms with Crippen molar-refractivity contribution >= 4 is 11.6 Å². The van der Waals surface area contributed by atoms with Crippen LogP contribution in [0.25, 0.3) is 0 Å². The highest BCUT2D eigenvalue weighted by Crippen LogP contribution is 2.26. The van der Waals surface area contributed by atoms with Crippen LogP contribution in [-0.4, -0.2) is 5.11 Å². The molecular formula is C7H7ClFNO2. The topological polar surface area (TPSA) is 55.5 Å². The van der Waals surface area contributed by atoms with Gasteiger partial charge in [0.25, 0.3) is 0 Å². The Bertz CT molecular complexity index is 293. The quantitative estimate of drug-likeness (QED) is 0.698. The van der Waals surface area contributed by atoms with Gasteiger partial charge in [0, 0.05) is 0 Å². The van der Waals surface area contributed by atoms with Gasteiger partial charge in [-0.1, -0.05) is 11.6 Å². The van der Waals surface area contributed by atoms with Crippen molar-refractivity contribution in [2.45, 2.75) is 6.61 Å². The minimum absolute atomic E-state index is 0.0370. The number of hydrogen-bond donors (Lipinski definition) is 2. The Morgan fingerprint density at radius 1 is 1.58 bits per heavy atom. The highest BCUT2D eigenvalue weighted by molar-refractivity contribution is 6.30. The van der Waals surface area contributed by atoms with Crippen molar-refractivity contribution in [1.29, 1.82) is 0 Å². The molecule has 0 aliphatic rings. The molecule has 5 heteroatoms. The van der Waals surface area contributed by atoms with E-state index in [2.05, 4.69) is 4.84 Å². The van der Waals surface area contributed by atoms with Gasteiger partial charge in [0.05, 0.1) is 17.2 Å². The maximum Gasteiger partial charge on any atom is 0.151 e. The predicted octanol–water partition coefficient (Wildman–Crippen LogP) is 1.57. The van der Waals surface area contributed by atoms with Gasteiger partial charge in [-0.25, -0.2) is 10.3 Å². The van der Waals surface area contributed by atoms with E-state index in [1.807, 2.05) is 0 Å². The van der Waals surface area contributed by atoms with Gasteiger partial charge in [-0.15, -0.1) is 0 Å². The number of phenols is 1. The summed E-state index contributed by atoms with van der Waals surface area (Å²) in [5.74, 6) is 3.80. The van der Waals surface area contributed by atoms with E-state index in [4.69, 9.17) is 22.6 Å². The summed E-state index contributed by atoms with van der Waals surface area (Å²) in [6.07, 6.45) is 0. The number of rotatable bonds is 2. The second-order valence-corrected chi connectivity index (χ2v) is 2.58. The summed E-state index contributed by atoms with van der Waals surface area (Å²) < 4.78 is 13.0. The fourth-order valence-corrected chi connectivity index (χ4v) is 0.980. The Balaban J connectivity index is 3.14. The first kappa shape index (κ1) is 9.25. The fraction of sp³-hybridized carbons (Fsp3) is 0.143. The fourth-order valence-electron chi connectivity index (χ4n) is 0.803. The van der Waals surface area contributed by atoms with E-state index in [9.17, 15) is 4.39 Å². The number of hydrogen-bond acceptors (Lipinski definition) is 3. The largest absolute Gasteiger partial charge is 0.507 e. The van der Waals surface area contributed by atoms with Crippen molar-refractivity contribution in [3.05, 3.63) is 28.5 Å². The van der Waals surface area contributed by atoms with Crippen LogP contribution in [0.5, 0.6) is 5.75 Å². The maximum absolute atomic E-state index is 13.0. The Hall–Kier alpha value is -0.840. The van der Waals surface area contributed by atoms with Crippen molar-refractivity contribution in [2.75, 3.05) is 0 Å². The lowest BCUT2D eigenvalue weighted by Gasteiger charge is -2.04. The molecule has 0 saturated heterocycles. The lowest BCUT2D eigenvalue weighted by Crippen LogP contribution is -2.01. The van der Waals surface area contributed by atoms with Crippen molar-refractivity contribution < 1.29 is 14.3 Å². The van der Waals surface area contributed by atoms with E-state index in [0.29, 0.717) is 0 Å². The number of nitrogens with two attached hydrogens (primary N) is 1. The van der Waals surface area contributed by atoms with Gasteiger partial charge in [0.2, 0.25) is 0 Å². The van der Waals surface area contributed by atoms with E-state index in [1.54, 1.807) is 0 Å². The SMILES string of the molecule is NOCc1c(O)ccc(Cl)c1F. The molecule has 0 spiro atoms. The van der Waals surface area contributed by atoms with Crippen LogP contribution in [0.1, 0.15) is 5.56 Å². The molecule has 0 amide bonds. The number of halogens is 2. The van der Waals surface area contributed by atoms with Crippen LogP contribution in [0.2, 0.25) is 5.02 Å². The average molecular weight is 192 g/mol. The predicted molar refractivity (Wildman–Crippen MR) is 42.1 cm³/mol. The summed E-state index contributed by atoms with van der Waals surface area (Å²) in [4.78, 5) is 4.19. The molecule has 1 rings (SSSR count). The standard InChI is InChI=1S/C7H7ClFNO2/c8-5-1-2-6(11)4(3-12-10)7(5)9/h1-2,11H,3,10H2. The molecule has 0 aliphatic carbocycles. The van der Waals surface area contributed by atoms with Crippen molar-refractivity contribution in [2.24, 2.45) is 5.90 Å². The lowest BCUT2D eigenvalue weighted by molar-refractivity contribution is 0.119. The van der Waals surface area contributed by atoms with Gasteiger partial charge in [-0.3, -0.25) is 4.84 Å². The van der Waals surface area contributed by atoms with E-state index >= 15 is 0 Å². The molecule has 0 fully saturated rings. The molecule has 0 radical (unpaired) electrons. The average Bonchev–Trinajstić information content (AvgIpc) is 2.06. The van der Waals surface area contributed by atoms with E-state index in [-0.39, 0.29) is 22.9 Å². The Morgan fingerprint density at radius 3 is 2.83 bits per heavy atom. The normalized spacial score (nSPS) is 10.2. The van der Waals surface area contributed by atoms with Crippen molar-refractivity contribution in [3.63, 3.8) is 0 Å². The molecule has 0 bridgehead atoms. The van der Waals surface area contributed by atoms with Crippen LogP contribution in [-0.2, 0) is 11.4 Å². The zero-order valence-corrected chi connectivity index (χ0v) is 6.81. The minimum atomic E-state index is -0.706. The summed E-state index contributed by atoms with van der Waals surface area (Å²) in [5.41, 5.74) is -0.0370. The first-order chi connectivity index (χ1) is 5.66. The Labute approximate surface area is 73.5 Å². The summed E-state index contributed by atoms with van der Waals surface area (Å²) >= 11 is 5.44. The highest BCUT2D eigenvalue weighted by Gasteiger charge is 2.11. The van der Waals surface area contributed by atoms with E-state index in [1.165, 1.54) is 12.1 Å². The summed E-state index contributed by atoms with van der Waals surface area (Å²) in [6, 6.07) is 2.53. The highest BCUT2D eigenvalue weighted by atomic mass is 35.5. The zero-order valence-electron chi connectivity index (χ0n) is 6.05. The Morgan fingerprint density at radius 2 is 2.25 bits per heavy atom. The first-order valence-corrected chi connectivity index (χ1v) is 3.52. The Kier molecular flexibility index (Phi) is 2.86. The third kappa shape index (κ3) is 1.66. The maximum atomic E-state index is 13.0. The molecule has 3 nitrogen and oxygen atoms in total. The second-order valence-electron chi connectivity index (χ2n) is 2.17. The molecular weight excluding hydrogens is 185 g/mol. The van der Waals surface area contributed by atoms with Crippen LogP contribution in [0.15, 0.2) is 12.1 Å². The number of benzene rings is 1. The van der Waals surface area contributed by atoms with Crippen LogP contribution < -0.4 is 5.90 Å². The van der Waals surface area contributed by atoms with Crippen LogP contribution >= 0.6 is 11.6 Å². The molecule has 0 heterocycles. The van der Waals surface area contributed by atoms with Crippen LogP contribution in [0, 0.1) is 5.82 Å². The van der Waals surface area contributed by atoms with Crippen LogP contribution in [0.3, 0.4) is 0 Å². The molecule has 0 aromatic heterocycles. The third-order valence-corrected chi connectivity index (χ3v) is 1.69. The molecule has 0 atom stereocenters. The molecule has 1 aromatic carbocycles. The minimum Gasteiger partial charge on any atom is -0.507 e. The molecule has 3 N–H and O–H groups in total. The lowest BCUT2D eigenvalue weighted by atomic mass is 10.2. The molecule has 1 aromatic rings. The molecule has 0 unspecified atom stereocenters. The second kappa shape index (κ2) is 3.71. The molecule has 12 heavy (non-hydrogen) atoms.